The van der Waals surface area contributed by atoms with Crippen molar-refractivity contribution in [2.24, 2.45) is 0 Å². The number of benzene rings is 1. The minimum atomic E-state index is -4.42. The molecule has 1 aromatic rings. The van der Waals surface area contributed by atoms with Crippen molar-refractivity contribution in [1.29, 1.82) is 0 Å². The first kappa shape index (κ1) is 22.0. The third-order valence-electron chi connectivity index (χ3n) is 4.16. The maximum atomic E-state index is 12.7. The van der Waals surface area contributed by atoms with Crippen LogP contribution in [0, 0.1) is 0 Å². The number of hydrogen-bond acceptors (Lipinski definition) is 4. The maximum absolute atomic E-state index is 12.7. The van der Waals surface area contributed by atoms with Gasteiger partial charge in [-0.15, -0.1) is 0 Å². The molecule has 2 atom stereocenters. The fourth-order valence-corrected chi connectivity index (χ4v) is 2.71. The van der Waals surface area contributed by atoms with Gasteiger partial charge < -0.3 is 14.8 Å². The molecule has 0 saturated carbocycles. The molecular formula is C19H25F3N2O4. The highest BCUT2D eigenvalue weighted by molar-refractivity contribution is 5.86. The molecule has 1 aliphatic rings. The van der Waals surface area contributed by atoms with E-state index in [2.05, 4.69) is 5.32 Å². The van der Waals surface area contributed by atoms with Crippen molar-refractivity contribution in [2.75, 3.05) is 19.8 Å². The Balaban J connectivity index is 2.05. The zero-order valence-electron chi connectivity index (χ0n) is 16.3. The van der Waals surface area contributed by atoms with Gasteiger partial charge in [0.05, 0.1) is 24.8 Å². The van der Waals surface area contributed by atoms with Crippen LogP contribution in [0.25, 0.3) is 0 Å². The van der Waals surface area contributed by atoms with Gasteiger partial charge >= 0.3 is 12.3 Å². The fraction of sp³-hybridized carbons (Fsp3) is 0.579. The predicted octanol–water partition coefficient (Wildman–Crippen LogP) is 3.52. The van der Waals surface area contributed by atoms with E-state index in [-0.39, 0.29) is 19.8 Å². The molecule has 1 saturated heterocycles. The van der Waals surface area contributed by atoms with Crippen LogP contribution < -0.4 is 5.32 Å². The zero-order valence-corrected chi connectivity index (χ0v) is 16.3. The fourth-order valence-electron chi connectivity index (χ4n) is 2.71. The summed E-state index contributed by atoms with van der Waals surface area (Å²) in [4.78, 5) is 26.4. The number of nitrogens with zero attached hydrogens (tertiary/aromatic N) is 1. The summed E-state index contributed by atoms with van der Waals surface area (Å²) in [5.74, 6) is -0.460. The van der Waals surface area contributed by atoms with Crippen LogP contribution >= 0.6 is 0 Å². The SMILES string of the molecule is C[C@@H](NC(=O)C1COCCN1C(=O)OC(C)(C)C)c1ccc(C(F)(F)F)cc1. The summed E-state index contributed by atoms with van der Waals surface area (Å²) < 4.78 is 48.7. The Morgan fingerprint density at radius 3 is 2.36 bits per heavy atom. The molecule has 0 spiro atoms. The van der Waals surface area contributed by atoms with Crippen LogP contribution in [-0.4, -0.2) is 48.3 Å². The lowest BCUT2D eigenvalue weighted by Gasteiger charge is -2.36. The Morgan fingerprint density at radius 1 is 1.21 bits per heavy atom. The second-order valence-electron chi connectivity index (χ2n) is 7.61. The molecule has 0 radical (unpaired) electrons. The van der Waals surface area contributed by atoms with Crippen molar-refractivity contribution in [1.82, 2.24) is 10.2 Å². The summed E-state index contributed by atoms with van der Waals surface area (Å²) in [7, 11) is 0. The highest BCUT2D eigenvalue weighted by Crippen LogP contribution is 2.30. The first-order valence-corrected chi connectivity index (χ1v) is 8.93. The maximum Gasteiger partial charge on any atom is 0.416 e. The lowest BCUT2D eigenvalue weighted by atomic mass is 10.1. The number of amides is 2. The summed E-state index contributed by atoms with van der Waals surface area (Å²) in [6, 6.07) is 3.15. The lowest BCUT2D eigenvalue weighted by Crippen LogP contribution is -2.57. The van der Waals surface area contributed by atoms with E-state index >= 15 is 0 Å². The van der Waals surface area contributed by atoms with E-state index in [9.17, 15) is 22.8 Å². The third-order valence-corrected chi connectivity index (χ3v) is 4.16. The van der Waals surface area contributed by atoms with Crippen LogP contribution in [-0.2, 0) is 20.4 Å². The lowest BCUT2D eigenvalue weighted by molar-refractivity contribution is -0.137. The number of rotatable bonds is 3. The van der Waals surface area contributed by atoms with Gasteiger partial charge in [-0.05, 0) is 45.4 Å². The minimum Gasteiger partial charge on any atom is -0.444 e. The van der Waals surface area contributed by atoms with Gasteiger partial charge in [0.2, 0.25) is 5.91 Å². The summed E-state index contributed by atoms with van der Waals surface area (Å²) in [5, 5.41) is 2.72. The molecule has 28 heavy (non-hydrogen) atoms. The van der Waals surface area contributed by atoms with Crippen LogP contribution in [0.15, 0.2) is 24.3 Å². The molecule has 9 heteroatoms. The molecule has 1 aromatic carbocycles. The minimum absolute atomic E-state index is 0.0187. The zero-order chi connectivity index (χ0) is 21.1. The number of carbonyl (C=O) groups excluding carboxylic acids is 2. The smallest absolute Gasteiger partial charge is 0.416 e. The monoisotopic (exact) mass is 402 g/mol. The molecule has 1 N–H and O–H groups in total. The Labute approximate surface area is 162 Å². The van der Waals surface area contributed by atoms with E-state index < -0.39 is 41.4 Å². The van der Waals surface area contributed by atoms with Gasteiger partial charge in [0.25, 0.3) is 0 Å². The molecule has 1 fully saturated rings. The second kappa shape index (κ2) is 8.38. The van der Waals surface area contributed by atoms with Crippen molar-refractivity contribution in [3.05, 3.63) is 35.4 Å². The van der Waals surface area contributed by atoms with Crippen LogP contribution in [0.4, 0.5) is 18.0 Å². The van der Waals surface area contributed by atoms with Crippen molar-refractivity contribution < 1.29 is 32.2 Å². The molecule has 6 nitrogen and oxygen atoms in total. The van der Waals surface area contributed by atoms with E-state index in [1.54, 1.807) is 27.7 Å². The van der Waals surface area contributed by atoms with Crippen LogP contribution in [0.2, 0.25) is 0 Å². The molecule has 1 aliphatic heterocycles. The number of carbonyl (C=O) groups is 2. The topological polar surface area (TPSA) is 67.9 Å². The molecule has 1 heterocycles. The van der Waals surface area contributed by atoms with Crippen molar-refractivity contribution >= 4 is 12.0 Å². The van der Waals surface area contributed by atoms with Gasteiger partial charge in [-0.25, -0.2) is 4.79 Å². The standard InChI is InChI=1S/C19H25F3N2O4/c1-12(13-5-7-14(8-6-13)19(20,21)22)23-16(25)15-11-27-10-9-24(15)17(26)28-18(2,3)4/h5-8,12,15H,9-11H2,1-4H3,(H,23,25)/t12-,15?/m1/s1. The predicted molar refractivity (Wildman–Crippen MR) is 95.5 cm³/mol. The number of hydrogen-bond donors (Lipinski definition) is 1. The summed E-state index contributed by atoms with van der Waals surface area (Å²) in [5.41, 5.74) is -0.947. The van der Waals surface area contributed by atoms with E-state index in [1.807, 2.05) is 0 Å². The Kier molecular flexibility index (Phi) is 6.59. The first-order chi connectivity index (χ1) is 12.9. The van der Waals surface area contributed by atoms with Crippen LogP contribution in [0.1, 0.15) is 44.9 Å². The Hall–Kier alpha value is -2.29. The van der Waals surface area contributed by atoms with E-state index in [1.165, 1.54) is 17.0 Å². The molecule has 1 unspecified atom stereocenters. The van der Waals surface area contributed by atoms with Crippen LogP contribution in [0.3, 0.4) is 0 Å². The average Bonchev–Trinajstić information content (AvgIpc) is 2.59. The summed E-state index contributed by atoms with van der Waals surface area (Å²) in [6.45, 7) is 7.36. The Bertz CT molecular complexity index is 699. The van der Waals surface area contributed by atoms with E-state index in [0.717, 1.165) is 12.1 Å². The summed E-state index contributed by atoms with van der Waals surface area (Å²) >= 11 is 0. The van der Waals surface area contributed by atoms with Crippen molar-refractivity contribution in [3.63, 3.8) is 0 Å². The number of alkyl halides is 3. The molecular weight excluding hydrogens is 377 g/mol. The number of nitrogens with one attached hydrogen (secondary N) is 1. The van der Waals surface area contributed by atoms with Gasteiger partial charge in [-0.3, -0.25) is 9.69 Å². The molecule has 0 aromatic heterocycles. The van der Waals surface area contributed by atoms with Gasteiger partial charge in [0.15, 0.2) is 0 Å². The van der Waals surface area contributed by atoms with Gasteiger partial charge in [0.1, 0.15) is 11.6 Å². The summed E-state index contributed by atoms with van der Waals surface area (Å²) in [6.07, 6.45) is -5.03. The molecule has 0 bridgehead atoms. The molecule has 156 valence electrons. The number of halogens is 3. The van der Waals surface area contributed by atoms with E-state index in [0.29, 0.717) is 5.56 Å². The van der Waals surface area contributed by atoms with E-state index in [4.69, 9.17) is 9.47 Å². The molecule has 0 aliphatic carbocycles. The second-order valence-corrected chi connectivity index (χ2v) is 7.61. The van der Waals surface area contributed by atoms with Crippen molar-refractivity contribution in [3.8, 4) is 0 Å². The molecule has 2 amide bonds. The number of ether oxygens (including phenoxy) is 2. The highest BCUT2D eigenvalue weighted by atomic mass is 19.4. The normalized spacial score (nSPS) is 19.1. The quantitative estimate of drug-likeness (QED) is 0.840. The first-order valence-electron chi connectivity index (χ1n) is 8.93. The average molecular weight is 402 g/mol. The van der Waals surface area contributed by atoms with Crippen molar-refractivity contribution in [2.45, 2.75) is 51.6 Å². The largest absolute Gasteiger partial charge is 0.444 e. The van der Waals surface area contributed by atoms with Gasteiger partial charge in [0, 0.05) is 6.54 Å². The third kappa shape index (κ3) is 5.85. The van der Waals surface area contributed by atoms with Gasteiger partial charge in [-0.2, -0.15) is 13.2 Å². The Morgan fingerprint density at radius 2 is 1.82 bits per heavy atom. The van der Waals surface area contributed by atoms with Crippen LogP contribution in [0.5, 0.6) is 0 Å². The molecule has 2 rings (SSSR count). The highest BCUT2D eigenvalue weighted by Gasteiger charge is 2.36. The number of morpholine rings is 1. The van der Waals surface area contributed by atoms with Gasteiger partial charge in [-0.1, -0.05) is 12.1 Å².